The summed E-state index contributed by atoms with van der Waals surface area (Å²) in [5, 5.41) is 0. The highest BCUT2D eigenvalue weighted by molar-refractivity contribution is 7.99. The predicted octanol–water partition coefficient (Wildman–Crippen LogP) is 2.34. The Labute approximate surface area is 102 Å². The van der Waals surface area contributed by atoms with E-state index < -0.39 is 0 Å². The van der Waals surface area contributed by atoms with Gasteiger partial charge >= 0.3 is 0 Å². The van der Waals surface area contributed by atoms with Gasteiger partial charge in [-0.3, -0.25) is 4.79 Å². The fraction of sp³-hybridized carbons (Fsp3) is 0.909. The first-order valence-corrected chi connectivity index (χ1v) is 7.94. The van der Waals surface area contributed by atoms with Crippen LogP contribution in [0.25, 0.3) is 0 Å². The number of thioether (sulfide) groups is 2. The molecule has 1 aliphatic rings. The number of amides is 1. The molecule has 1 aliphatic heterocycles. The molecule has 0 bridgehead atoms. The van der Waals surface area contributed by atoms with Crippen molar-refractivity contribution in [3.63, 3.8) is 0 Å². The maximum absolute atomic E-state index is 11.7. The van der Waals surface area contributed by atoms with Crippen molar-refractivity contribution in [1.82, 2.24) is 4.90 Å². The molecule has 0 N–H and O–H groups in total. The zero-order valence-corrected chi connectivity index (χ0v) is 11.3. The van der Waals surface area contributed by atoms with Crippen molar-refractivity contribution < 1.29 is 4.79 Å². The summed E-state index contributed by atoms with van der Waals surface area (Å²) >= 11 is 3.85. The zero-order chi connectivity index (χ0) is 11.1. The van der Waals surface area contributed by atoms with Crippen LogP contribution in [0.1, 0.15) is 20.3 Å². The molecule has 4 heteroatoms. The van der Waals surface area contributed by atoms with Gasteiger partial charge < -0.3 is 4.90 Å². The Bertz CT molecular complexity index is 191. The van der Waals surface area contributed by atoms with Crippen molar-refractivity contribution in [3.05, 3.63) is 0 Å². The lowest BCUT2D eigenvalue weighted by Gasteiger charge is -2.26. The molecule has 0 atom stereocenters. The van der Waals surface area contributed by atoms with Gasteiger partial charge in [0.2, 0.25) is 5.91 Å². The summed E-state index contributed by atoms with van der Waals surface area (Å²) in [7, 11) is 0. The van der Waals surface area contributed by atoms with E-state index in [9.17, 15) is 4.79 Å². The van der Waals surface area contributed by atoms with E-state index in [0.29, 0.717) is 5.91 Å². The Hall–Kier alpha value is 0.170. The van der Waals surface area contributed by atoms with Gasteiger partial charge in [-0.1, -0.05) is 13.8 Å². The quantitative estimate of drug-likeness (QED) is 0.696. The van der Waals surface area contributed by atoms with Crippen molar-refractivity contribution in [2.45, 2.75) is 20.3 Å². The molecule has 1 amide bonds. The average Bonchev–Trinajstić information content (AvgIpc) is 2.25. The van der Waals surface area contributed by atoms with E-state index in [2.05, 4.69) is 13.8 Å². The van der Waals surface area contributed by atoms with Crippen molar-refractivity contribution in [2.75, 3.05) is 36.1 Å². The van der Waals surface area contributed by atoms with E-state index in [-0.39, 0.29) is 0 Å². The summed E-state index contributed by atoms with van der Waals surface area (Å²) in [6, 6.07) is 0. The molecule has 0 radical (unpaired) electrons. The second-order valence-electron chi connectivity index (χ2n) is 4.21. The number of carbonyl (C=O) groups excluding carboxylic acids is 1. The van der Waals surface area contributed by atoms with Crippen LogP contribution < -0.4 is 0 Å². The highest BCUT2D eigenvalue weighted by Gasteiger charge is 2.15. The molecule has 1 saturated heterocycles. The smallest absolute Gasteiger partial charge is 0.223 e. The van der Waals surface area contributed by atoms with Gasteiger partial charge in [0.1, 0.15) is 0 Å². The molecule has 0 spiro atoms. The van der Waals surface area contributed by atoms with E-state index in [0.717, 1.165) is 42.7 Å². The highest BCUT2D eigenvalue weighted by atomic mass is 32.2. The van der Waals surface area contributed by atoms with E-state index >= 15 is 0 Å². The molecular weight excluding hydrogens is 226 g/mol. The Balaban J connectivity index is 2.07. The maximum Gasteiger partial charge on any atom is 0.223 e. The highest BCUT2D eigenvalue weighted by Crippen LogP contribution is 2.13. The second-order valence-corrected chi connectivity index (χ2v) is 6.59. The summed E-state index contributed by atoms with van der Waals surface area (Å²) in [6.45, 7) is 6.35. The Kier molecular flexibility index (Phi) is 6.57. The molecule has 0 aromatic heterocycles. The van der Waals surface area contributed by atoms with Gasteiger partial charge in [0, 0.05) is 36.8 Å². The maximum atomic E-state index is 11.7. The molecule has 15 heavy (non-hydrogen) atoms. The third-order valence-corrected chi connectivity index (χ3v) is 4.61. The van der Waals surface area contributed by atoms with E-state index in [1.807, 2.05) is 28.4 Å². The summed E-state index contributed by atoms with van der Waals surface area (Å²) in [6.07, 6.45) is 0.724. The summed E-state index contributed by atoms with van der Waals surface area (Å²) in [4.78, 5) is 13.8. The van der Waals surface area contributed by atoms with Crippen molar-refractivity contribution in [2.24, 2.45) is 5.92 Å². The first-order chi connectivity index (χ1) is 7.20. The number of hydrogen-bond donors (Lipinski definition) is 0. The lowest BCUT2D eigenvalue weighted by atomic mass is 10.3. The van der Waals surface area contributed by atoms with Crippen molar-refractivity contribution in [1.29, 1.82) is 0 Å². The van der Waals surface area contributed by atoms with Crippen LogP contribution in [0.2, 0.25) is 0 Å². The van der Waals surface area contributed by atoms with Crippen LogP contribution in [0.3, 0.4) is 0 Å². The van der Waals surface area contributed by atoms with Gasteiger partial charge in [-0.15, -0.1) is 0 Å². The Morgan fingerprint density at radius 2 is 2.07 bits per heavy atom. The average molecular weight is 247 g/mol. The number of nitrogens with zero attached hydrogens (tertiary/aromatic N) is 1. The molecule has 2 nitrogen and oxygen atoms in total. The van der Waals surface area contributed by atoms with Crippen molar-refractivity contribution in [3.8, 4) is 0 Å². The minimum absolute atomic E-state index is 0.353. The van der Waals surface area contributed by atoms with Crippen LogP contribution in [-0.4, -0.2) is 46.9 Å². The Morgan fingerprint density at radius 3 is 2.67 bits per heavy atom. The van der Waals surface area contributed by atoms with Crippen LogP contribution in [0.5, 0.6) is 0 Å². The summed E-state index contributed by atoms with van der Waals surface area (Å²) in [5.41, 5.74) is 0. The normalized spacial score (nSPS) is 17.1. The fourth-order valence-electron chi connectivity index (χ4n) is 1.45. The SMILES string of the molecule is CC(C)CSCCC(=O)N1CCSCC1. The monoisotopic (exact) mass is 247 g/mol. The largest absolute Gasteiger partial charge is 0.341 e. The van der Waals surface area contributed by atoms with Gasteiger partial charge in [-0.2, -0.15) is 23.5 Å². The van der Waals surface area contributed by atoms with Crippen LogP contribution in [0.15, 0.2) is 0 Å². The molecule has 88 valence electrons. The van der Waals surface area contributed by atoms with Gasteiger partial charge in [-0.25, -0.2) is 0 Å². The topological polar surface area (TPSA) is 20.3 Å². The number of carbonyl (C=O) groups is 1. The van der Waals surface area contributed by atoms with Crippen LogP contribution in [0, 0.1) is 5.92 Å². The van der Waals surface area contributed by atoms with E-state index in [4.69, 9.17) is 0 Å². The minimum Gasteiger partial charge on any atom is -0.341 e. The minimum atomic E-state index is 0.353. The molecule has 0 saturated carbocycles. The van der Waals surface area contributed by atoms with Crippen LogP contribution in [-0.2, 0) is 4.79 Å². The van der Waals surface area contributed by atoms with Crippen LogP contribution >= 0.6 is 23.5 Å². The molecular formula is C11H21NOS2. The zero-order valence-electron chi connectivity index (χ0n) is 9.70. The number of rotatable bonds is 5. The van der Waals surface area contributed by atoms with E-state index in [1.54, 1.807) is 0 Å². The fourth-order valence-corrected chi connectivity index (χ4v) is 3.31. The third-order valence-electron chi connectivity index (χ3n) is 2.28. The third kappa shape index (κ3) is 5.71. The predicted molar refractivity (Wildman–Crippen MR) is 70.7 cm³/mol. The second kappa shape index (κ2) is 7.44. The van der Waals surface area contributed by atoms with E-state index in [1.165, 1.54) is 5.75 Å². The molecule has 0 unspecified atom stereocenters. The van der Waals surface area contributed by atoms with Gasteiger partial charge in [-0.05, 0) is 11.7 Å². The molecule has 1 rings (SSSR count). The summed E-state index contributed by atoms with van der Waals surface area (Å²) in [5.74, 6) is 5.47. The lowest BCUT2D eigenvalue weighted by Crippen LogP contribution is -2.38. The van der Waals surface area contributed by atoms with Crippen molar-refractivity contribution >= 4 is 29.4 Å². The van der Waals surface area contributed by atoms with Crippen LogP contribution in [0.4, 0.5) is 0 Å². The first kappa shape index (κ1) is 13.2. The van der Waals surface area contributed by atoms with Gasteiger partial charge in [0.05, 0.1) is 0 Å². The lowest BCUT2D eigenvalue weighted by molar-refractivity contribution is -0.130. The van der Waals surface area contributed by atoms with Gasteiger partial charge in [0.25, 0.3) is 0 Å². The summed E-state index contributed by atoms with van der Waals surface area (Å²) < 4.78 is 0. The molecule has 0 aliphatic carbocycles. The first-order valence-electron chi connectivity index (χ1n) is 5.63. The molecule has 0 aromatic carbocycles. The standard InChI is InChI=1S/C11H21NOS2/c1-10(2)9-15-6-3-11(13)12-4-7-14-8-5-12/h10H,3-9H2,1-2H3. The molecule has 0 aromatic rings. The van der Waals surface area contributed by atoms with Gasteiger partial charge in [0.15, 0.2) is 0 Å². The molecule has 1 heterocycles. The number of hydrogen-bond acceptors (Lipinski definition) is 3. The Morgan fingerprint density at radius 1 is 1.40 bits per heavy atom. The molecule has 1 fully saturated rings.